The lowest BCUT2D eigenvalue weighted by Crippen LogP contribution is -2.42. The fourth-order valence-electron chi connectivity index (χ4n) is 0.864. The first-order valence-electron chi connectivity index (χ1n) is 3.51. The summed E-state index contributed by atoms with van der Waals surface area (Å²) in [6, 6.07) is 0.576. The predicted octanol–water partition coefficient (Wildman–Crippen LogP) is -3.28. The average molecular weight is 203 g/mol. The summed E-state index contributed by atoms with van der Waals surface area (Å²) in [5.41, 5.74) is -1.45. The summed E-state index contributed by atoms with van der Waals surface area (Å²) < 4.78 is 25.4. The van der Waals surface area contributed by atoms with E-state index >= 15 is 0 Å². The van der Waals surface area contributed by atoms with Crippen LogP contribution in [0.4, 0.5) is 8.78 Å². The molecule has 74 valence electrons. The van der Waals surface area contributed by atoms with Gasteiger partial charge in [-0.1, -0.05) is 6.07 Å². The molecule has 14 heavy (non-hydrogen) atoms. The molecule has 1 aromatic heterocycles. The first-order chi connectivity index (χ1) is 6.43. The Kier molecular flexibility index (Phi) is 3.17. The van der Waals surface area contributed by atoms with Gasteiger partial charge in [-0.05, 0) is 0 Å². The van der Waals surface area contributed by atoms with Crippen molar-refractivity contribution in [2.24, 2.45) is 0 Å². The van der Waals surface area contributed by atoms with Gasteiger partial charge in [0.15, 0.2) is 0 Å². The van der Waals surface area contributed by atoms with Crippen LogP contribution in [-0.4, -0.2) is 39.3 Å². The maximum absolute atomic E-state index is 12.7. The molecule has 0 fully saturated rings. The Hall–Kier alpha value is -1.02. The van der Waals surface area contributed by atoms with Crippen LogP contribution < -0.4 is 10.9 Å². The number of pyridine rings is 1. The Balaban J connectivity index is 3.27. The highest BCUT2D eigenvalue weighted by atomic mass is 19.1. The number of aromatic nitrogens is 1. The minimum absolute atomic E-state index is 0.576. The molecule has 0 radical (unpaired) electrons. The molecule has 0 aromatic carbocycles. The molecule has 0 saturated carbocycles. The van der Waals surface area contributed by atoms with Crippen LogP contribution in [0.5, 0.6) is 0 Å². The molecule has 0 aliphatic heterocycles. The minimum atomic E-state index is -2.19. The van der Waals surface area contributed by atoms with E-state index in [9.17, 15) is 8.78 Å². The van der Waals surface area contributed by atoms with Gasteiger partial charge in [0, 0.05) is 10.9 Å². The van der Waals surface area contributed by atoms with Crippen molar-refractivity contribution < 1.29 is 28.9 Å². The minimum Gasteiger partial charge on any atom is -0.423 e. The quantitative estimate of drug-likeness (QED) is 0.298. The lowest BCUT2D eigenvalue weighted by Gasteiger charge is -2.05. The highest BCUT2D eigenvalue weighted by Crippen LogP contribution is 1.93. The molecule has 0 saturated heterocycles. The fraction of sp³-hybridized carbons (Fsp3) is 0. The van der Waals surface area contributed by atoms with Crippen molar-refractivity contribution in [1.82, 2.24) is 4.98 Å². The summed E-state index contributed by atoms with van der Waals surface area (Å²) in [4.78, 5) is 2.64. The molecular weight excluding hydrogens is 198 g/mol. The van der Waals surface area contributed by atoms with Gasteiger partial charge in [0.1, 0.15) is 0 Å². The van der Waals surface area contributed by atoms with E-state index in [1.165, 1.54) is 0 Å². The second-order valence-electron chi connectivity index (χ2n) is 2.50. The number of nitrogens with zero attached hydrogens (tertiary/aromatic N) is 1. The zero-order valence-electron chi connectivity index (χ0n) is 6.72. The normalized spacial score (nSPS) is 10.1. The Labute approximate surface area is 77.9 Å². The van der Waals surface area contributed by atoms with Crippen LogP contribution in [0.3, 0.4) is 0 Å². The molecule has 0 aliphatic rings. The van der Waals surface area contributed by atoms with Crippen molar-refractivity contribution >= 4 is 25.2 Å². The Bertz CT molecular complexity index is 319. The Morgan fingerprint density at radius 2 is 1.29 bits per heavy atom. The first-order valence-corrected chi connectivity index (χ1v) is 3.51. The van der Waals surface area contributed by atoms with Crippen molar-refractivity contribution in [2.45, 2.75) is 0 Å². The summed E-state index contributed by atoms with van der Waals surface area (Å²) >= 11 is 0. The van der Waals surface area contributed by atoms with Gasteiger partial charge < -0.3 is 20.1 Å². The number of rotatable bonds is 2. The molecule has 9 heteroatoms. The largest absolute Gasteiger partial charge is 0.493 e. The van der Waals surface area contributed by atoms with Gasteiger partial charge in [0.05, 0.1) is 0 Å². The van der Waals surface area contributed by atoms with E-state index in [0.29, 0.717) is 6.07 Å². The van der Waals surface area contributed by atoms with E-state index in [1.54, 1.807) is 0 Å². The first kappa shape index (κ1) is 11.1. The SMILES string of the molecule is OB(O)c1cc(B(O)O)c(F)nc1F. The average Bonchev–Trinajstić information content (AvgIpc) is 2.02. The van der Waals surface area contributed by atoms with Gasteiger partial charge in [0.2, 0.25) is 11.9 Å². The van der Waals surface area contributed by atoms with Crippen LogP contribution in [0.15, 0.2) is 6.07 Å². The molecule has 0 spiro atoms. The van der Waals surface area contributed by atoms with Gasteiger partial charge in [-0.15, -0.1) is 0 Å². The molecule has 1 rings (SSSR count). The summed E-state index contributed by atoms with van der Waals surface area (Å²) in [7, 11) is -4.39. The van der Waals surface area contributed by atoms with E-state index in [0.717, 1.165) is 0 Å². The molecular formula is C5H5B2F2NO4. The summed E-state index contributed by atoms with van der Waals surface area (Å²) in [6.07, 6.45) is 0. The maximum atomic E-state index is 12.7. The van der Waals surface area contributed by atoms with Crippen LogP contribution in [0.1, 0.15) is 0 Å². The topological polar surface area (TPSA) is 93.8 Å². The molecule has 0 amide bonds. The van der Waals surface area contributed by atoms with Gasteiger partial charge in [-0.2, -0.15) is 13.8 Å². The fourth-order valence-corrected chi connectivity index (χ4v) is 0.864. The van der Waals surface area contributed by atoms with Crippen molar-refractivity contribution in [1.29, 1.82) is 0 Å². The van der Waals surface area contributed by atoms with Gasteiger partial charge in [-0.25, -0.2) is 0 Å². The molecule has 1 heterocycles. The molecule has 5 nitrogen and oxygen atoms in total. The third kappa shape index (κ3) is 2.07. The van der Waals surface area contributed by atoms with Crippen molar-refractivity contribution in [3.63, 3.8) is 0 Å². The highest BCUT2D eigenvalue weighted by molar-refractivity contribution is 6.62. The zero-order valence-corrected chi connectivity index (χ0v) is 6.72. The van der Waals surface area contributed by atoms with E-state index in [1.807, 2.05) is 0 Å². The van der Waals surface area contributed by atoms with Crippen LogP contribution in [0.2, 0.25) is 0 Å². The molecule has 4 N–H and O–H groups in total. The van der Waals surface area contributed by atoms with Crippen molar-refractivity contribution in [3.8, 4) is 0 Å². The number of hydrogen-bond acceptors (Lipinski definition) is 5. The second kappa shape index (κ2) is 4.01. The van der Waals surface area contributed by atoms with Crippen molar-refractivity contribution in [2.75, 3.05) is 0 Å². The maximum Gasteiger partial charge on any atom is 0.493 e. The third-order valence-corrected chi connectivity index (χ3v) is 1.54. The highest BCUT2D eigenvalue weighted by Gasteiger charge is 2.25. The van der Waals surface area contributed by atoms with Gasteiger partial charge in [0.25, 0.3) is 0 Å². The summed E-state index contributed by atoms with van der Waals surface area (Å²) in [5.74, 6) is -2.83. The van der Waals surface area contributed by atoms with E-state index in [4.69, 9.17) is 20.1 Å². The van der Waals surface area contributed by atoms with Gasteiger partial charge >= 0.3 is 14.2 Å². The number of hydrogen-bond donors (Lipinski definition) is 4. The number of halogens is 2. The molecule has 0 atom stereocenters. The van der Waals surface area contributed by atoms with Crippen LogP contribution in [0.25, 0.3) is 0 Å². The third-order valence-electron chi connectivity index (χ3n) is 1.54. The van der Waals surface area contributed by atoms with Gasteiger partial charge in [-0.3, -0.25) is 0 Å². The molecule has 0 unspecified atom stereocenters. The Morgan fingerprint density at radius 3 is 1.57 bits per heavy atom. The predicted molar refractivity (Wildman–Crippen MR) is 43.8 cm³/mol. The zero-order chi connectivity index (χ0) is 10.9. The van der Waals surface area contributed by atoms with Crippen LogP contribution >= 0.6 is 0 Å². The summed E-state index contributed by atoms with van der Waals surface area (Å²) in [5, 5.41) is 34.4. The smallest absolute Gasteiger partial charge is 0.423 e. The second-order valence-corrected chi connectivity index (χ2v) is 2.50. The van der Waals surface area contributed by atoms with E-state index < -0.39 is 37.1 Å². The van der Waals surface area contributed by atoms with Crippen LogP contribution in [-0.2, 0) is 0 Å². The molecule has 0 bridgehead atoms. The van der Waals surface area contributed by atoms with Crippen molar-refractivity contribution in [3.05, 3.63) is 18.0 Å². The van der Waals surface area contributed by atoms with E-state index in [-0.39, 0.29) is 0 Å². The summed E-state index contributed by atoms with van der Waals surface area (Å²) in [6.45, 7) is 0. The standard InChI is InChI=1S/C5H5B2F2NO4/c8-4-2(6(11)12)1-3(7(13)14)5(9)10-4/h1,11-14H. The lowest BCUT2D eigenvalue weighted by molar-refractivity contribution is 0.417. The molecule has 1 aromatic rings. The lowest BCUT2D eigenvalue weighted by atomic mass is 9.74. The Morgan fingerprint density at radius 1 is 0.929 bits per heavy atom. The van der Waals surface area contributed by atoms with Crippen LogP contribution in [0, 0.1) is 11.9 Å². The molecule has 0 aliphatic carbocycles. The van der Waals surface area contributed by atoms with E-state index in [2.05, 4.69) is 4.98 Å². The monoisotopic (exact) mass is 203 g/mol.